The average Bonchev–Trinajstić information content (AvgIpc) is 3.10. The van der Waals surface area contributed by atoms with Crippen molar-refractivity contribution in [3.63, 3.8) is 0 Å². The van der Waals surface area contributed by atoms with Gasteiger partial charge in [-0.3, -0.25) is 4.79 Å². The van der Waals surface area contributed by atoms with Crippen LogP contribution in [0.25, 0.3) is 11.0 Å². The summed E-state index contributed by atoms with van der Waals surface area (Å²) < 4.78 is 25.1. The molecule has 8 heteroatoms. The highest BCUT2D eigenvalue weighted by Gasteiger charge is 2.20. The molecular formula is C22H28N4O3S. The molecule has 3 rings (SSSR count). The van der Waals surface area contributed by atoms with Crippen LogP contribution in [-0.4, -0.2) is 35.3 Å². The zero-order valence-corrected chi connectivity index (χ0v) is 19.0. The van der Waals surface area contributed by atoms with Gasteiger partial charge in [0.05, 0.1) is 28.1 Å². The van der Waals surface area contributed by atoms with Gasteiger partial charge in [0, 0.05) is 18.0 Å². The molecule has 0 radical (unpaired) electrons. The molecule has 0 unspecified atom stereocenters. The number of carbonyl (C=O) groups excluding carboxylic acids is 1. The minimum Gasteiger partial charge on any atom is -0.345 e. The number of fused-ring (bicyclic) bond motifs is 1. The van der Waals surface area contributed by atoms with E-state index in [9.17, 15) is 13.2 Å². The van der Waals surface area contributed by atoms with Crippen molar-refractivity contribution in [2.45, 2.75) is 57.5 Å². The van der Waals surface area contributed by atoms with Crippen LogP contribution in [0.3, 0.4) is 0 Å². The second-order valence-corrected chi connectivity index (χ2v) is 10.2. The minimum atomic E-state index is -3.26. The zero-order chi connectivity index (χ0) is 22.2. The van der Waals surface area contributed by atoms with E-state index in [1.54, 1.807) is 30.5 Å². The number of carbonyl (C=O) groups is 1. The van der Waals surface area contributed by atoms with Crippen LogP contribution in [-0.2, 0) is 9.84 Å². The Hall–Kier alpha value is -2.74. The summed E-state index contributed by atoms with van der Waals surface area (Å²) in [4.78, 5) is 18.1. The molecule has 1 atom stereocenters. The van der Waals surface area contributed by atoms with Gasteiger partial charge in [-0.25, -0.2) is 18.1 Å². The molecule has 1 amide bonds. The van der Waals surface area contributed by atoms with E-state index in [2.05, 4.69) is 10.4 Å². The number of benzene rings is 1. The highest BCUT2D eigenvalue weighted by molar-refractivity contribution is 7.90. The summed E-state index contributed by atoms with van der Waals surface area (Å²) in [5.74, 6) is -0.0512. The molecule has 0 aliphatic rings. The zero-order valence-electron chi connectivity index (χ0n) is 18.2. The van der Waals surface area contributed by atoms with E-state index in [4.69, 9.17) is 4.98 Å². The lowest BCUT2D eigenvalue weighted by Crippen LogP contribution is -2.27. The monoisotopic (exact) mass is 428 g/mol. The Morgan fingerprint density at radius 1 is 1.07 bits per heavy atom. The van der Waals surface area contributed by atoms with Crippen LogP contribution in [0.2, 0.25) is 0 Å². The molecule has 0 saturated heterocycles. The molecule has 2 heterocycles. The van der Waals surface area contributed by atoms with Crippen LogP contribution >= 0.6 is 0 Å². The normalized spacial score (nSPS) is 13.2. The molecule has 2 aromatic heterocycles. The third-order valence-corrected chi connectivity index (χ3v) is 6.20. The van der Waals surface area contributed by atoms with Gasteiger partial charge in [0.2, 0.25) is 0 Å². The fourth-order valence-corrected chi connectivity index (χ4v) is 3.89. The summed E-state index contributed by atoms with van der Waals surface area (Å²) >= 11 is 0. The lowest BCUT2D eigenvalue weighted by Gasteiger charge is -2.16. The Morgan fingerprint density at radius 2 is 1.70 bits per heavy atom. The van der Waals surface area contributed by atoms with Crippen LogP contribution < -0.4 is 5.32 Å². The van der Waals surface area contributed by atoms with Crippen LogP contribution in [0.5, 0.6) is 0 Å². The van der Waals surface area contributed by atoms with Gasteiger partial charge in [-0.1, -0.05) is 26.0 Å². The molecule has 0 aliphatic heterocycles. The van der Waals surface area contributed by atoms with Gasteiger partial charge in [0.25, 0.3) is 5.91 Å². The quantitative estimate of drug-likeness (QED) is 0.640. The largest absolute Gasteiger partial charge is 0.345 e. The molecule has 0 bridgehead atoms. The number of amides is 1. The number of nitrogens with one attached hydrogen (secondary N) is 1. The van der Waals surface area contributed by atoms with Crippen molar-refractivity contribution >= 4 is 26.8 Å². The maximum Gasteiger partial charge on any atom is 0.252 e. The van der Waals surface area contributed by atoms with Gasteiger partial charge >= 0.3 is 0 Å². The Bertz CT molecular complexity index is 1180. The topological polar surface area (TPSA) is 94.0 Å². The van der Waals surface area contributed by atoms with Crippen molar-refractivity contribution in [3.8, 4) is 0 Å². The summed E-state index contributed by atoms with van der Waals surface area (Å²) in [6.07, 6.45) is 2.86. The van der Waals surface area contributed by atoms with Crippen molar-refractivity contribution in [2.24, 2.45) is 0 Å². The maximum atomic E-state index is 13.2. The molecule has 0 fully saturated rings. The van der Waals surface area contributed by atoms with Gasteiger partial charge in [-0.05, 0) is 50.5 Å². The molecule has 160 valence electrons. The highest BCUT2D eigenvalue weighted by Crippen LogP contribution is 2.25. The molecular weight excluding hydrogens is 400 g/mol. The lowest BCUT2D eigenvalue weighted by atomic mass is 10.0. The number of hydrogen-bond acceptors (Lipinski definition) is 5. The van der Waals surface area contributed by atoms with Crippen LogP contribution in [0, 0.1) is 0 Å². The third kappa shape index (κ3) is 4.38. The molecule has 0 aliphatic carbocycles. The first kappa shape index (κ1) is 22.0. The molecule has 1 N–H and O–H groups in total. The van der Waals surface area contributed by atoms with Crippen molar-refractivity contribution in [1.82, 2.24) is 20.1 Å². The van der Waals surface area contributed by atoms with Crippen LogP contribution in [0.1, 0.15) is 74.2 Å². The summed E-state index contributed by atoms with van der Waals surface area (Å²) in [6.45, 7) is 10.00. The van der Waals surface area contributed by atoms with E-state index in [0.717, 1.165) is 11.3 Å². The molecule has 30 heavy (non-hydrogen) atoms. The fraction of sp³-hybridized carbons (Fsp3) is 0.409. The molecule has 0 spiro atoms. The van der Waals surface area contributed by atoms with E-state index < -0.39 is 9.84 Å². The van der Waals surface area contributed by atoms with Gasteiger partial charge in [-0.2, -0.15) is 5.10 Å². The highest BCUT2D eigenvalue weighted by atomic mass is 32.2. The number of pyridine rings is 1. The standard InChI is InChI=1S/C22H28N4O3S/c1-13(2)20-11-18(19-12-23-26(14(3)4)21(19)25-20)22(27)24-15(5)16-7-9-17(10-8-16)30(6,28)29/h7-15H,1-6H3,(H,24,27)/t15-/m1/s1. The Labute approximate surface area is 177 Å². The van der Waals surface area contributed by atoms with Gasteiger partial charge in [-0.15, -0.1) is 0 Å². The number of aromatic nitrogens is 3. The van der Waals surface area contributed by atoms with E-state index in [0.29, 0.717) is 16.6 Å². The first-order valence-corrected chi connectivity index (χ1v) is 11.9. The predicted octanol–water partition coefficient (Wildman–Crippen LogP) is 4.03. The van der Waals surface area contributed by atoms with Crippen molar-refractivity contribution in [3.05, 3.63) is 53.3 Å². The Kier molecular flexibility index (Phi) is 5.99. The first-order chi connectivity index (χ1) is 14.0. The van der Waals surface area contributed by atoms with Crippen molar-refractivity contribution in [2.75, 3.05) is 6.26 Å². The van der Waals surface area contributed by atoms with Crippen molar-refractivity contribution < 1.29 is 13.2 Å². The number of rotatable bonds is 6. The third-order valence-electron chi connectivity index (χ3n) is 5.07. The van der Waals surface area contributed by atoms with Gasteiger partial charge in [0.15, 0.2) is 15.5 Å². The summed E-state index contributed by atoms with van der Waals surface area (Å²) in [6, 6.07) is 8.22. The summed E-state index contributed by atoms with van der Waals surface area (Å²) in [5, 5.41) is 8.15. The van der Waals surface area contributed by atoms with Crippen LogP contribution in [0.15, 0.2) is 41.4 Å². The predicted molar refractivity (Wildman–Crippen MR) is 117 cm³/mol. The van der Waals surface area contributed by atoms with E-state index in [1.165, 1.54) is 6.26 Å². The maximum absolute atomic E-state index is 13.2. The minimum absolute atomic E-state index is 0.126. The lowest BCUT2D eigenvalue weighted by molar-refractivity contribution is 0.0941. The Morgan fingerprint density at radius 3 is 2.23 bits per heavy atom. The Balaban J connectivity index is 1.94. The summed E-state index contributed by atoms with van der Waals surface area (Å²) in [5.41, 5.74) is 2.89. The smallest absolute Gasteiger partial charge is 0.252 e. The van der Waals surface area contributed by atoms with E-state index in [1.807, 2.05) is 45.4 Å². The molecule has 1 aromatic carbocycles. The number of nitrogens with zero attached hydrogens (tertiary/aromatic N) is 3. The van der Waals surface area contributed by atoms with E-state index in [-0.39, 0.29) is 28.8 Å². The SMILES string of the molecule is CC(C)c1cc(C(=O)N[C@H](C)c2ccc(S(C)(=O)=O)cc2)c2cnn(C(C)C)c2n1. The van der Waals surface area contributed by atoms with Gasteiger partial charge in [0.1, 0.15) is 0 Å². The molecule has 3 aromatic rings. The second kappa shape index (κ2) is 8.18. The van der Waals surface area contributed by atoms with Crippen molar-refractivity contribution in [1.29, 1.82) is 0 Å². The molecule has 0 saturated carbocycles. The van der Waals surface area contributed by atoms with E-state index >= 15 is 0 Å². The number of hydrogen-bond donors (Lipinski definition) is 1. The second-order valence-electron chi connectivity index (χ2n) is 8.21. The number of sulfone groups is 1. The molecule has 7 nitrogen and oxygen atoms in total. The summed E-state index contributed by atoms with van der Waals surface area (Å²) in [7, 11) is -3.26. The van der Waals surface area contributed by atoms with Gasteiger partial charge < -0.3 is 5.32 Å². The first-order valence-electron chi connectivity index (χ1n) is 9.98. The van der Waals surface area contributed by atoms with Crippen LogP contribution in [0.4, 0.5) is 0 Å². The average molecular weight is 429 g/mol. The fourth-order valence-electron chi connectivity index (χ4n) is 3.26.